The fourth-order valence-electron chi connectivity index (χ4n) is 4.27. The van der Waals surface area contributed by atoms with Crippen molar-refractivity contribution >= 4 is 52.7 Å². The molecule has 1 heterocycles. The van der Waals surface area contributed by atoms with Crippen molar-refractivity contribution in [2.24, 2.45) is 0 Å². The molecule has 0 aliphatic carbocycles. The second-order valence-electron chi connectivity index (χ2n) is 10.1. The highest BCUT2D eigenvalue weighted by molar-refractivity contribution is 6.10. The third-order valence-corrected chi connectivity index (χ3v) is 6.70. The fraction of sp³-hybridized carbons (Fsp3) is 0.194. The molecule has 0 fully saturated rings. The average Bonchev–Trinajstić information content (AvgIpc) is 3.00. The molecule has 0 bridgehead atoms. The number of carbonyl (C=O) groups excluding carboxylic acids is 3. The van der Waals surface area contributed by atoms with Gasteiger partial charge in [-0.25, -0.2) is 4.98 Å². The second kappa shape index (κ2) is 12.8. The van der Waals surface area contributed by atoms with Crippen LogP contribution in [0, 0.1) is 6.92 Å². The van der Waals surface area contributed by atoms with Gasteiger partial charge in [-0.2, -0.15) is 18.2 Å². The van der Waals surface area contributed by atoms with Crippen LogP contribution in [0.25, 0.3) is 0 Å². The molecule has 0 atom stereocenters. The predicted octanol–water partition coefficient (Wildman–Crippen LogP) is 5.73. The van der Waals surface area contributed by atoms with E-state index in [2.05, 4.69) is 20.6 Å². The molecule has 1 aromatic heterocycles. The Hall–Kier alpha value is -5.46. The summed E-state index contributed by atoms with van der Waals surface area (Å²) in [5, 5.41) is 5.67. The van der Waals surface area contributed by atoms with Gasteiger partial charge in [0.2, 0.25) is 12.4 Å². The Morgan fingerprint density at radius 3 is 2.32 bits per heavy atom. The van der Waals surface area contributed by atoms with Crippen molar-refractivity contribution in [2.75, 3.05) is 53.5 Å². The summed E-state index contributed by atoms with van der Waals surface area (Å²) in [4.78, 5) is 51.3. The van der Waals surface area contributed by atoms with Crippen LogP contribution in [0.4, 0.5) is 47.7 Å². The van der Waals surface area contributed by atoms with E-state index in [4.69, 9.17) is 0 Å². The maximum atomic E-state index is 13.7. The number of anilines is 6. The van der Waals surface area contributed by atoms with Crippen LogP contribution in [0.5, 0.6) is 0 Å². The van der Waals surface area contributed by atoms with Gasteiger partial charge >= 0.3 is 6.18 Å². The largest absolute Gasteiger partial charge is 0.416 e. The molecule has 0 aliphatic rings. The number of amides is 3. The normalized spacial score (nSPS) is 11.0. The van der Waals surface area contributed by atoms with Crippen molar-refractivity contribution in [1.29, 1.82) is 0 Å². The lowest BCUT2D eigenvalue weighted by atomic mass is 10.1. The van der Waals surface area contributed by atoms with E-state index >= 15 is 0 Å². The van der Waals surface area contributed by atoms with Gasteiger partial charge in [-0.15, -0.1) is 0 Å². The third-order valence-electron chi connectivity index (χ3n) is 6.70. The molecule has 0 unspecified atom stereocenters. The first kappa shape index (κ1) is 31.5. The molecule has 44 heavy (non-hydrogen) atoms. The highest BCUT2D eigenvalue weighted by atomic mass is 19.4. The zero-order valence-electron chi connectivity index (χ0n) is 24.6. The highest BCUT2D eigenvalue weighted by Gasteiger charge is 2.31. The molecule has 4 rings (SSSR count). The van der Waals surface area contributed by atoms with Crippen LogP contribution < -0.4 is 25.3 Å². The van der Waals surface area contributed by atoms with E-state index in [0.29, 0.717) is 23.3 Å². The SMILES string of the molecule is Cc1ccc(NC(=O)c2cccc(C(F)(F)F)c2)cc1N(C)C(=O)c1cnc(Nc2cccc(N(C)C)c2)nc1N(C)C=O. The third kappa shape index (κ3) is 7.12. The van der Waals surface area contributed by atoms with E-state index < -0.39 is 23.6 Å². The molecule has 2 N–H and O–H groups in total. The van der Waals surface area contributed by atoms with Gasteiger partial charge in [0.25, 0.3) is 11.8 Å². The quantitative estimate of drug-likeness (QED) is 0.234. The summed E-state index contributed by atoms with van der Waals surface area (Å²) in [6.07, 6.45) is -2.76. The Balaban J connectivity index is 1.60. The first-order valence-electron chi connectivity index (χ1n) is 13.3. The number of carbonyl (C=O) groups is 3. The van der Waals surface area contributed by atoms with Crippen LogP contribution in [0.1, 0.15) is 31.8 Å². The summed E-state index contributed by atoms with van der Waals surface area (Å²) in [7, 11) is 6.78. The molecular weight excluding hydrogens is 575 g/mol. The molecular formula is C31H30F3N7O3. The van der Waals surface area contributed by atoms with E-state index in [9.17, 15) is 27.6 Å². The highest BCUT2D eigenvalue weighted by Crippen LogP contribution is 2.31. The maximum absolute atomic E-state index is 13.7. The predicted molar refractivity (Wildman–Crippen MR) is 164 cm³/mol. The first-order valence-corrected chi connectivity index (χ1v) is 13.3. The van der Waals surface area contributed by atoms with Crippen molar-refractivity contribution < 1.29 is 27.6 Å². The molecule has 0 radical (unpaired) electrons. The van der Waals surface area contributed by atoms with Gasteiger partial charge in [-0.1, -0.05) is 18.2 Å². The Kier molecular flexibility index (Phi) is 9.17. The van der Waals surface area contributed by atoms with E-state index in [1.165, 1.54) is 37.3 Å². The summed E-state index contributed by atoms with van der Waals surface area (Å²) < 4.78 is 39.3. The van der Waals surface area contributed by atoms with Gasteiger partial charge in [0.1, 0.15) is 5.56 Å². The monoisotopic (exact) mass is 605 g/mol. The number of hydrogen-bond acceptors (Lipinski definition) is 7. The number of halogens is 3. The fourth-order valence-corrected chi connectivity index (χ4v) is 4.27. The zero-order valence-corrected chi connectivity index (χ0v) is 24.6. The van der Waals surface area contributed by atoms with E-state index in [0.717, 1.165) is 28.8 Å². The summed E-state index contributed by atoms with van der Waals surface area (Å²) in [6, 6.07) is 16.3. The molecule has 0 saturated carbocycles. The number of aryl methyl sites for hydroxylation is 1. The Bertz CT molecular complexity index is 1710. The minimum absolute atomic E-state index is 0.0347. The van der Waals surface area contributed by atoms with Gasteiger partial charge in [0.05, 0.1) is 5.56 Å². The van der Waals surface area contributed by atoms with Gasteiger partial charge in [0, 0.05) is 62.7 Å². The number of rotatable bonds is 9. The summed E-state index contributed by atoms with van der Waals surface area (Å²) in [5.41, 5.74) is 1.89. The van der Waals surface area contributed by atoms with Gasteiger partial charge in [-0.05, 0) is 61.0 Å². The lowest BCUT2D eigenvalue weighted by molar-refractivity contribution is -0.137. The minimum Gasteiger partial charge on any atom is -0.378 e. The first-order chi connectivity index (χ1) is 20.8. The summed E-state index contributed by atoms with van der Waals surface area (Å²) >= 11 is 0. The van der Waals surface area contributed by atoms with Crippen LogP contribution in [0.2, 0.25) is 0 Å². The van der Waals surface area contributed by atoms with Crippen LogP contribution in [0.15, 0.2) is 72.9 Å². The number of nitrogens with one attached hydrogen (secondary N) is 2. The van der Waals surface area contributed by atoms with Crippen molar-refractivity contribution in [2.45, 2.75) is 13.1 Å². The minimum atomic E-state index is -4.59. The topological polar surface area (TPSA) is 111 Å². The van der Waals surface area contributed by atoms with Gasteiger partial charge < -0.3 is 25.3 Å². The molecule has 0 aliphatic heterocycles. The zero-order chi connectivity index (χ0) is 32.2. The molecule has 13 heteroatoms. The van der Waals surface area contributed by atoms with Gasteiger partial charge in [-0.3, -0.25) is 14.4 Å². The molecule has 0 saturated heterocycles. The molecule has 3 amide bonds. The van der Waals surface area contributed by atoms with E-state index in [1.54, 1.807) is 19.1 Å². The number of alkyl halides is 3. The molecule has 228 valence electrons. The van der Waals surface area contributed by atoms with Crippen LogP contribution in [-0.4, -0.2) is 56.4 Å². The van der Waals surface area contributed by atoms with Crippen molar-refractivity contribution in [3.8, 4) is 0 Å². The standard InChI is InChI=1S/C31H30F3N7O3/c1-19-12-13-23(36-28(43)20-8-6-9-21(14-20)31(32,33)34)16-26(19)41(5)29(44)25-17-35-30(38-27(25)40(4)18-42)37-22-10-7-11-24(15-22)39(2)3/h6-18H,1-5H3,(H,36,43)(H,35,37,38). The smallest absolute Gasteiger partial charge is 0.378 e. The number of hydrogen-bond donors (Lipinski definition) is 2. The number of nitrogens with zero attached hydrogens (tertiary/aromatic N) is 5. The van der Waals surface area contributed by atoms with E-state index in [1.807, 2.05) is 43.3 Å². The van der Waals surface area contributed by atoms with Crippen LogP contribution in [-0.2, 0) is 11.0 Å². The molecule has 0 spiro atoms. The van der Waals surface area contributed by atoms with Crippen molar-refractivity contribution in [3.63, 3.8) is 0 Å². The summed E-state index contributed by atoms with van der Waals surface area (Å²) in [5.74, 6) is -1.06. The Morgan fingerprint density at radius 1 is 0.909 bits per heavy atom. The Labute approximate surface area is 252 Å². The van der Waals surface area contributed by atoms with Crippen molar-refractivity contribution in [3.05, 3.63) is 95.2 Å². The summed E-state index contributed by atoms with van der Waals surface area (Å²) in [6.45, 7) is 1.75. The average molecular weight is 606 g/mol. The van der Waals surface area contributed by atoms with Crippen LogP contribution in [0.3, 0.4) is 0 Å². The van der Waals surface area contributed by atoms with Crippen LogP contribution >= 0.6 is 0 Å². The number of benzene rings is 3. The number of aromatic nitrogens is 2. The van der Waals surface area contributed by atoms with Crippen molar-refractivity contribution in [1.82, 2.24) is 9.97 Å². The Morgan fingerprint density at radius 2 is 1.64 bits per heavy atom. The van der Waals surface area contributed by atoms with E-state index in [-0.39, 0.29) is 28.6 Å². The lowest BCUT2D eigenvalue weighted by Gasteiger charge is -2.23. The molecule has 3 aromatic carbocycles. The van der Waals surface area contributed by atoms with Gasteiger partial charge in [0.15, 0.2) is 5.82 Å². The second-order valence-corrected chi connectivity index (χ2v) is 10.1. The maximum Gasteiger partial charge on any atom is 0.416 e. The molecule has 10 nitrogen and oxygen atoms in total. The molecule has 4 aromatic rings. The lowest BCUT2D eigenvalue weighted by Crippen LogP contribution is -2.30.